The summed E-state index contributed by atoms with van der Waals surface area (Å²) in [6, 6.07) is 7.13. The van der Waals surface area contributed by atoms with Crippen LogP contribution in [0.2, 0.25) is 0 Å². The van der Waals surface area contributed by atoms with Crippen LogP contribution in [0.5, 0.6) is 0 Å². The van der Waals surface area contributed by atoms with Gasteiger partial charge in [0.05, 0.1) is 5.52 Å². The normalized spacial score (nSPS) is 20.5. The van der Waals surface area contributed by atoms with Gasteiger partial charge in [0, 0.05) is 34.9 Å². The number of anilines is 1. The van der Waals surface area contributed by atoms with Crippen LogP contribution in [0.4, 0.5) is 23.4 Å². The Morgan fingerprint density at radius 1 is 1.02 bits per heavy atom. The number of amides is 2. The van der Waals surface area contributed by atoms with E-state index in [0.717, 1.165) is 16.7 Å². The molecule has 2 fully saturated rings. The molecule has 10 nitrogen and oxygen atoms in total. The second kappa shape index (κ2) is 11.2. The first-order valence-corrected chi connectivity index (χ1v) is 15.9. The molecular weight excluding hydrogens is 642 g/mol. The molecular formula is C35H33F4N7O3. The summed E-state index contributed by atoms with van der Waals surface area (Å²) in [7, 11) is 0. The maximum absolute atomic E-state index is 14.2. The number of pyridine rings is 2. The van der Waals surface area contributed by atoms with Gasteiger partial charge in [-0.2, -0.15) is 18.3 Å². The summed E-state index contributed by atoms with van der Waals surface area (Å²) in [6.07, 6.45) is 0.0804. The van der Waals surface area contributed by atoms with Gasteiger partial charge in [-0.1, -0.05) is 6.92 Å². The molecule has 254 valence electrons. The van der Waals surface area contributed by atoms with Crippen LogP contribution in [0.15, 0.2) is 42.7 Å². The molecule has 4 aromatic heterocycles. The van der Waals surface area contributed by atoms with E-state index in [1.54, 1.807) is 15.3 Å². The number of Topliss-reactive ketones (excluding diaryl/α,β-unsaturated/α-hetero) is 1. The molecule has 1 saturated heterocycles. The number of aromatic nitrogens is 5. The van der Waals surface area contributed by atoms with Crippen molar-refractivity contribution in [1.29, 1.82) is 0 Å². The number of nitrogens with zero attached hydrogens (tertiary/aromatic N) is 6. The third-order valence-electron chi connectivity index (χ3n) is 9.85. The monoisotopic (exact) mass is 675 g/mol. The van der Waals surface area contributed by atoms with E-state index in [2.05, 4.69) is 20.4 Å². The van der Waals surface area contributed by atoms with E-state index in [9.17, 15) is 31.9 Å². The third-order valence-corrected chi connectivity index (χ3v) is 9.85. The summed E-state index contributed by atoms with van der Waals surface area (Å²) >= 11 is 0. The molecule has 1 aliphatic heterocycles. The number of aryl methyl sites for hydroxylation is 3. The van der Waals surface area contributed by atoms with E-state index in [4.69, 9.17) is 0 Å². The molecule has 1 N–H and O–H groups in total. The molecule has 0 bridgehead atoms. The fourth-order valence-corrected chi connectivity index (χ4v) is 7.24. The quantitative estimate of drug-likeness (QED) is 0.164. The zero-order valence-corrected chi connectivity index (χ0v) is 27.4. The van der Waals surface area contributed by atoms with Gasteiger partial charge in [0.2, 0.25) is 11.8 Å². The van der Waals surface area contributed by atoms with Crippen LogP contribution in [0.25, 0.3) is 27.7 Å². The average Bonchev–Trinajstić information content (AvgIpc) is 3.35. The number of hydrogen-bond acceptors (Lipinski definition) is 6. The van der Waals surface area contributed by atoms with E-state index in [-0.39, 0.29) is 35.3 Å². The van der Waals surface area contributed by atoms with Crippen molar-refractivity contribution in [3.05, 3.63) is 76.8 Å². The topological polar surface area (TPSA) is 114 Å². The SMILES string of the molecule is CC(=O)c1cn(CC(=O)N2[C@H](C(=O)Nc3nc(C(F)(F)F)c(F)cc3C)CC[C@@]3(C)C[C@@H]23)c2c(C)cc(-c3ccc4nc(C)nn4c3)cc12. The standard InChI is InChI=1S/C35H33F4N7O3/c1-17-10-22(21-6-7-28-40-20(4)43-45(28)14-21)12-23-24(19(3)47)15-44(30(17)23)16-29(48)46-26(8-9-34(5)13-27(34)46)33(49)42-32-18(2)11-25(36)31(41-32)35(37,38)39/h6-7,10-12,14-15,26-27H,8-9,13,16H2,1-5H3,(H,41,42,49)/t26-,27+,34-/m0/s1. The number of halogens is 4. The van der Waals surface area contributed by atoms with Crippen molar-refractivity contribution in [2.24, 2.45) is 5.41 Å². The summed E-state index contributed by atoms with van der Waals surface area (Å²) in [5.41, 5.74) is 2.49. The van der Waals surface area contributed by atoms with E-state index in [1.165, 1.54) is 18.7 Å². The number of piperidine rings is 1. The lowest BCUT2D eigenvalue weighted by atomic mass is 9.92. The highest BCUT2D eigenvalue weighted by atomic mass is 19.4. The largest absolute Gasteiger partial charge is 0.436 e. The number of carbonyl (C=O) groups is 3. The van der Waals surface area contributed by atoms with Crippen LogP contribution in [-0.4, -0.2) is 58.7 Å². The Morgan fingerprint density at radius 3 is 2.49 bits per heavy atom. The molecule has 1 aromatic carbocycles. The minimum absolute atomic E-state index is 0.0190. The predicted octanol–water partition coefficient (Wildman–Crippen LogP) is 6.44. The van der Waals surface area contributed by atoms with E-state index in [0.29, 0.717) is 53.3 Å². The van der Waals surface area contributed by atoms with Crippen LogP contribution < -0.4 is 5.32 Å². The number of likely N-dealkylation sites (tertiary alicyclic amines) is 1. The van der Waals surface area contributed by atoms with Crippen LogP contribution in [-0.2, 0) is 22.3 Å². The molecule has 1 aliphatic carbocycles. The zero-order valence-electron chi connectivity index (χ0n) is 27.4. The fourth-order valence-electron chi connectivity index (χ4n) is 7.24. The van der Waals surface area contributed by atoms with Gasteiger partial charge in [-0.15, -0.1) is 0 Å². The molecule has 5 aromatic rings. The molecule has 2 amide bonds. The minimum Gasteiger partial charge on any atom is -0.337 e. The summed E-state index contributed by atoms with van der Waals surface area (Å²) in [5.74, 6) is -2.55. The highest BCUT2D eigenvalue weighted by Crippen LogP contribution is 2.57. The van der Waals surface area contributed by atoms with E-state index >= 15 is 0 Å². The molecule has 3 atom stereocenters. The zero-order chi connectivity index (χ0) is 35.2. The first kappa shape index (κ1) is 32.4. The lowest BCUT2D eigenvalue weighted by molar-refractivity contribution is -0.143. The van der Waals surface area contributed by atoms with Gasteiger partial charge in [-0.05, 0) is 99.4 Å². The summed E-state index contributed by atoms with van der Waals surface area (Å²) in [6.45, 7) is 8.39. The van der Waals surface area contributed by atoms with Crippen molar-refractivity contribution in [1.82, 2.24) is 29.0 Å². The van der Waals surface area contributed by atoms with Crippen molar-refractivity contribution >= 4 is 40.0 Å². The Balaban J connectivity index is 1.21. The second-order valence-electron chi connectivity index (χ2n) is 13.5. The van der Waals surface area contributed by atoms with Gasteiger partial charge in [-0.3, -0.25) is 14.4 Å². The average molecular weight is 676 g/mol. The Morgan fingerprint density at radius 2 is 1.78 bits per heavy atom. The van der Waals surface area contributed by atoms with Gasteiger partial charge in [0.1, 0.15) is 24.2 Å². The second-order valence-corrected chi connectivity index (χ2v) is 13.5. The van der Waals surface area contributed by atoms with Gasteiger partial charge >= 0.3 is 6.18 Å². The van der Waals surface area contributed by atoms with Gasteiger partial charge < -0.3 is 14.8 Å². The Labute approximate surface area is 278 Å². The van der Waals surface area contributed by atoms with E-state index < -0.39 is 35.5 Å². The van der Waals surface area contributed by atoms with Gasteiger partial charge in [-0.25, -0.2) is 18.9 Å². The molecule has 2 aliphatic rings. The van der Waals surface area contributed by atoms with Crippen molar-refractivity contribution in [2.45, 2.75) is 78.7 Å². The summed E-state index contributed by atoms with van der Waals surface area (Å²) in [5, 5.41) is 7.51. The molecule has 14 heteroatoms. The smallest absolute Gasteiger partial charge is 0.337 e. The summed E-state index contributed by atoms with van der Waals surface area (Å²) in [4.78, 5) is 50.0. The number of rotatable bonds is 6. The maximum atomic E-state index is 14.2. The van der Waals surface area contributed by atoms with Crippen molar-refractivity contribution in [3.63, 3.8) is 0 Å². The molecule has 0 radical (unpaired) electrons. The molecule has 5 heterocycles. The lowest BCUT2D eigenvalue weighted by Gasteiger charge is -2.37. The number of benzene rings is 1. The van der Waals surface area contributed by atoms with Gasteiger partial charge in [0.15, 0.2) is 22.9 Å². The third kappa shape index (κ3) is 5.62. The Kier molecular flexibility index (Phi) is 7.41. The molecule has 1 saturated carbocycles. The first-order valence-electron chi connectivity index (χ1n) is 15.9. The fraction of sp³-hybridized carbons (Fsp3) is 0.371. The van der Waals surface area contributed by atoms with Crippen molar-refractivity contribution in [2.75, 3.05) is 5.32 Å². The first-order chi connectivity index (χ1) is 23.0. The number of fused-ring (bicyclic) bond motifs is 3. The molecule has 49 heavy (non-hydrogen) atoms. The van der Waals surface area contributed by atoms with Crippen LogP contribution >= 0.6 is 0 Å². The number of carbonyl (C=O) groups excluding carboxylic acids is 3. The molecule has 0 unspecified atom stereocenters. The van der Waals surface area contributed by atoms with Crippen molar-refractivity contribution < 1.29 is 31.9 Å². The highest BCUT2D eigenvalue weighted by Gasteiger charge is 2.60. The van der Waals surface area contributed by atoms with Crippen LogP contribution in [0.3, 0.4) is 0 Å². The highest BCUT2D eigenvalue weighted by molar-refractivity contribution is 6.09. The van der Waals surface area contributed by atoms with Crippen LogP contribution in [0, 0.1) is 32.0 Å². The number of ketones is 1. The molecule has 7 rings (SSSR count). The number of alkyl halides is 3. The van der Waals surface area contributed by atoms with Gasteiger partial charge in [0.25, 0.3) is 0 Å². The Bertz CT molecular complexity index is 2220. The lowest BCUT2D eigenvalue weighted by Crippen LogP contribution is -2.53. The maximum Gasteiger partial charge on any atom is 0.436 e. The molecule has 0 spiro atoms. The number of nitrogens with one attached hydrogen (secondary N) is 1. The Hall–Kier alpha value is -5.14. The number of hydrogen-bond donors (Lipinski definition) is 1. The van der Waals surface area contributed by atoms with Crippen molar-refractivity contribution in [3.8, 4) is 11.1 Å². The van der Waals surface area contributed by atoms with Crippen LogP contribution in [0.1, 0.15) is 66.1 Å². The predicted molar refractivity (Wildman–Crippen MR) is 172 cm³/mol. The minimum atomic E-state index is -5.05. The van der Waals surface area contributed by atoms with E-state index in [1.807, 2.05) is 51.2 Å². The summed E-state index contributed by atoms with van der Waals surface area (Å²) < 4.78 is 57.6.